The summed E-state index contributed by atoms with van der Waals surface area (Å²) in [7, 11) is 1.98. The minimum atomic E-state index is -5.08. The van der Waals surface area contributed by atoms with Gasteiger partial charge in [0.25, 0.3) is 0 Å². The Balaban J connectivity index is 0.000000360. The van der Waals surface area contributed by atoms with E-state index in [4.69, 9.17) is 15.6 Å². The lowest BCUT2D eigenvalue weighted by atomic mass is 10.4. The molecule has 1 rings (SSSR count). The van der Waals surface area contributed by atoms with Crippen LogP contribution in [0, 0.1) is 0 Å². The van der Waals surface area contributed by atoms with Crippen molar-refractivity contribution in [1.82, 2.24) is 4.98 Å². The van der Waals surface area contributed by atoms with Gasteiger partial charge in [-0.1, -0.05) is 6.07 Å². The first-order valence-electron chi connectivity index (χ1n) is 4.91. The molecule has 0 saturated carbocycles. The van der Waals surface area contributed by atoms with Crippen molar-refractivity contribution in [1.29, 1.82) is 0 Å². The van der Waals surface area contributed by atoms with Crippen LogP contribution in [-0.2, 0) is 4.79 Å². The van der Waals surface area contributed by atoms with Gasteiger partial charge in [0.1, 0.15) is 5.82 Å². The fourth-order valence-electron chi connectivity index (χ4n) is 0.888. The van der Waals surface area contributed by atoms with E-state index in [-0.39, 0.29) is 0 Å². The molecule has 1 aromatic heterocycles. The average Bonchev–Trinajstić information content (AvgIpc) is 2.30. The van der Waals surface area contributed by atoms with E-state index in [0.29, 0.717) is 6.54 Å². The van der Waals surface area contributed by atoms with Crippen molar-refractivity contribution in [2.45, 2.75) is 6.18 Å². The third-order valence-corrected chi connectivity index (χ3v) is 1.75. The van der Waals surface area contributed by atoms with Gasteiger partial charge in [0, 0.05) is 26.3 Å². The van der Waals surface area contributed by atoms with Crippen LogP contribution < -0.4 is 10.6 Å². The van der Waals surface area contributed by atoms with Gasteiger partial charge in [-0.15, -0.1) is 0 Å². The molecular formula is C10H14F3N3O2. The van der Waals surface area contributed by atoms with Crippen LogP contribution in [0.25, 0.3) is 0 Å². The second-order valence-electron chi connectivity index (χ2n) is 3.20. The summed E-state index contributed by atoms with van der Waals surface area (Å²) in [6, 6.07) is 5.84. The Morgan fingerprint density at radius 1 is 1.50 bits per heavy atom. The van der Waals surface area contributed by atoms with E-state index in [0.717, 1.165) is 12.4 Å². The number of rotatable bonds is 3. The Morgan fingerprint density at radius 3 is 2.39 bits per heavy atom. The van der Waals surface area contributed by atoms with Gasteiger partial charge in [0.15, 0.2) is 0 Å². The van der Waals surface area contributed by atoms with Crippen LogP contribution in [0.1, 0.15) is 0 Å². The minimum Gasteiger partial charge on any atom is -0.475 e. The Morgan fingerprint density at radius 2 is 2.06 bits per heavy atom. The molecule has 1 aromatic rings. The van der Waals surface area contributed by atoms with Crippen LogP contribution >= 0.6 is 0 Å². The summed E-state index contributed by atoms with van der Waals surface area (Å²) in [5.41, 5.74) is 5.40. The van der Waals surface area contributed by atoms with E-state index in [1.807, 2.05) is 30.1 Å². The van der Waals surface area contributed by atoms with Crippen LogP contribution in [0.2, 0.25) is 0 Å². The number of hydrogen-bond donors (Lipinski definition) is 2. The van der Waals surface area contributed by atoms with Crippen LogP contribution in [0.3, 0.4) is 0 Å². The van der Waals surface area contributed by atoms with Crippen molar-refractivity contribution >= 4 is 11.8 Å². The van der Waals surface area contributed by atoms with E-state index in [2.05, 4.69) is 4.98 Å². The van der Waals surface area contributed by atoms with Crippen molar-refractivity contribution in [3.8, 4) is 0 Å². The van der Waals surface area contributed by atoms with E-state index < -0.39 is 12.1 Å². The number of anilines is 1. The van der Waals surface area contributed by atoms with E-state index >= 15 is 0 Å². The van der Waals surface area contributed by atoms with E-state index in [1.54, 1.807) is 6.20 Å². The maximum atomic E-state index is 10.6. The molecule has 0 fully saturated rings. The number of pyridine rings is 1. The highest BCUT2D eigenvalue weighted by Gasteiger charge is 2.38. The summed E-state index contributed by atoms with van der Waals surface area (Å²) >= 11 is 0. The third-order valence-electron chi connectivity index (χ3n) is 1.75. The smallest absolute Gasteiger partial charge is 0.475 e. The maximum Gasteiger partial charge on any atom is 0.490 e. The molecule has 0 bridgehead atoms. The first kappa shape index (κ1) is 16.2. The summed E-state index contributed by atoms with van der Waals surface area (Å²) < 4.78 is 31.7. The topological polar surface area (TPSA) is 79.5 Å². The molecule has 0 aromatic carbocycles. The molecule has 0 aliphatic rings. The molecule has 1 heterocycles. The van der Waals surface area contributed by atoms with Gasteiger partial charge in [-0.2, -0.15) is 13.2 Å². The van der Waals surface area contributed by atoms with Crippen LogP contribution in [-0.4, -0.2) is 42.4 Å². The predicted molar refractivity (Wildman–Crippen MR) is 60.3 cm³/mol. The summed E-state index contributed by atoms with van der Waals surface area (Å²) in [4.78, 5) is 15.1. The van der Waals surface area contributed by atoms with Crippen LogP contribution in [0.15, 0.2) is 24.4 Å². The highest BCUT2D eigenvalue weighted by molar-refractivity contribution is 5.73. The molecule has 0 radical (unpaired) electrons. The lowest BCUT2D eigenvalue weighted by molar-refractivity contribution is -0.192. The van der Waals surface area contributed by atoms with Gasteiger partial charge in [0.05, 0.1) is 0 Å². The van der Waals surface area contributed by atoms with Crippen molar-refractivity contribution in [3.05, 3.63) is 24.4 Å². The molecule has 102 valence electrons. The van der Waals surface area contributed by atoms with E-state index in [9.17, 15) is 13.2 Å². The molecule has 5 nitrogen and oxygen atoms in total. The molecule has 18 heavy (non-hydrogen) atoms. The number of hydrogen-bond acceptors (Lipinski definition) is 4. The number of alkyl halides is 3. The SMILES string of the molecule is CN(CCN)c1ccccn1.O=C(O)C(F)(F)F. The third kappa shape index (κ3) is 6.69. The quantitative estimate of drug-likeness (QED) is 0.855. The molecule has 0 saturated heterocycles. The lowest BCUT2D eigenvalue weighted by Gasteiger charge is -2.15. The van der Waals surface area contributed by atoms with Crippen molar-refractivity contribution in [3.63, 3.8) is 0 Å². The van der Waals surface area contributed by atoms with Gasteiger partial charge >= 0.3 is 12.1 Å². The first-order valence-corrected chi connectivity index (χ1v) is 4.91. The summed E-state index contributed by atoms with van der Waals surface area (Å²) in [5, 5.41) is 7.12. The molecule has 3 N–H and O–H groups in total. The standard InChI is InChI=1S/C8H13N3.C2HF3O2/c1-11(7-5-9)8-4-2-3-6-10-8;3-2(4,5)1(6)7/h2-4,6H,5,7,9H2,1H3;(H,6,7). The van der Waals surface area contributed by atoms with Gasteiger partial charge in [0.2, 0.25) is 0 Å². The summed E-state index contributed by atoms with van der Waals surface area (Å²) in [6.45, 7) is 1.50. The molecule has 0 aliphatic carbocycles. The first-order chi connectivity index (χ1) is 8.29. The highest BCUT2D eigenvalue weighted by Crippen LogP contribution is 2.13. The molecule has 0 atom stereocenters. The average molecular weight is 265 g/mol. The summed E-state index contributed by atoms with van der Waals surface area (Å²) in [5.74, 6) is -1.79. The highest BCUT2D eigenvalue weighted by atomic mass is 19.4. The largest absolute Gasteiger partial charge is 0.490 e. The number of likely N-dealkylation sites (N-methyl/N-ethyl adjacent to an activating group) is 1. The number of aliphatic carboxylic acids is 1. The number of carboxylic acid groups (broad SMARTS) is 1. The molecule has 0 aliphatic heterocycles. The Hall–Kier alpha value is -1.83. The second-order valence-corrected chi connectivity index (χ2v) is 3.20. The Labute approximate surface area is 102 Å². The van der Waals surface area contributed by atoms with Gasteiger partial charge in [-0.25, -0.2) is 9.78 Å². The molecular weight excluding hydrogens is 251 g/mol. The van der Waals surface area contributed by atoms with Gasteiger partial charge in [-0.05, 0) is 12.1 Å². The zero-order valence-corrected chi connectivity index (χ0v) is 9.68. The van der Waals surface area contributed by atoms with Crippen LogP contribution in [0.4, 0.5) is 19.0 Å². The lowest BCUT2D eigenvalue weighted by Crippen LogP contribution is -2.25. The zero-order chi connectivity index (χ0) is 14.2. The van der Waals surface area contributed by atoms with Crippen molar-refractivity contribution < 1.29 is 23.1 Å². The zero-order valence-electron chi connectivity index (χ0n) is 9.68. The number of carbonyl (C=O) groups is 1. The Bertz CT molecular complexity index is 357. The second kappa shape index (κ2) is 7.49. The monoisotopic (exact) mass is 265 g/mol. The molecule has 0 amide bonds. The number of halogens is 3. The molecule has 8 heteroatoms. The van der Waals surface area contributed by atoms with Gasteiger partial charge in [-0.3, -0.25) is 0 Å². The normalized spacial score (nSPS) is 10.3. The van der Waals surface area contributed by atoms with E-state index in [1.165, 1.54) is 0 Å². The fraction of sp³-hybridized carbons (Fsp3) is 0.400. The number of carboxylic acids is 1. The van der Waals surface area contributed by atoms with Crippen molar-refractivity contribution in [2.24, 2.45) is 5.73 Å². The van der Waals surface area contributed by atoms with Crippen LogP contribution in [0.5, 0.6) is 0 Å². The number of nitrogens with two attached hydrogens (primary N) is 1. The Kier molecular flexibility index (Phi) is 6.73. The molecule has 0 spiro atoms. The van der Waals surface area contributed by atoms with Crippen molar-refractivity contribution in [2.75, 3.05) is 25.0 Å². The predicted octanol–water partition coefficient (Wildman–Crippen LogP) is 1.11. The minimum absolute atomic E-state index is 0.660. The fourth-order valence-corrected chi connectivity index (χ4v) is 0.888. The maximum absolute atomic E-state index is 10.6. The number of aromatic nitrogens is 1. The number of nitrogens with zero attached hydrogens (tertiary/aromatic N) is 2. The molecule has 0 unspecified atom stereocenters. The van der Waals surface area contributed by atoms with Gasteiger partial charge < -0.3 is 15.7 Å². The summed E-state index contributed by atoms with van der Waals surface area (Å²) in [6.07, 6.45) is -3.30.